The van der Waals surface area contributed by atoms with E-state index < -0.39 is 0 Å². The van der Waals surface area contributed by atoms with E-state index in [2.05, 4.69) is 42.9 Å². The van der Waals surface area contributed by atoms with Crippen molar-refractivity contribution in [3.05, 3.63) is 47.4 Å². The second-order valence-corrected chi connectivity index (χ2v) is 5.88. The normalized spacial score (nSPS) is 11.4. The molecule has 2 N–H and O–H groups in total. The molecule has 1 aromatic carbocycles. The zero-order valence-electron chi connectivity index (χ0n) is 12.5. The summed E-state index contributed by atoms with van der Waals surface area (Å²) in [5, 5.41) is 0. The Kier molecular flexibility index (Phi) is 4.04. The van der Waals surface area contributed by atoms with E-state index in [-0.39, 0.29) is 5.41 Å². The summed E-state index contributed by atoms with van der Waals surface area (Å²) in [6.07, 6.45) is 3.23. The summed E-state index contributed by atoms with van der Waals surface area (Å²) >= 11 is 0. The van der Waals surface area contributed by atoms with Gasteiger partial charge in [0.25, 0.3) is 0 Å². The van der Waals surface area contributed by atoms with Crippen molar-refractivity contribution < 1.29 is 4.74 Å². The summed E-state index contributed by atoms with van der Waals surface area (Å²) in [7, 11) is 0. The van der Waals surface area contributed by atoms with Gasteiger partial charge in [-0.05, 0) is 29.5 Å². The highest BCUT2D eigenvalue weighted by molar-refractivity contribution is 5.40. The smallest absolute Gasteiger partial charge is 0.237 e. The summed E-state index contributed by atoms with van der Waals surface area (Å²) in [4.78, 5) is 8.36. The van der Waals surface area contributed by atoms with E-state index in [0.29, 0.717) is 12.4 Å². The van der Waals surface area contributed by atoms with Crippen molar-refractivity contribution in [2.24, 2.45) is 5.73 Å². The van der Waals surface area contributed by atoms with E-state index in [1.54, 1.807) is 12.4 Å². The maximum atomic E-state index is 5.76. The number of aryl methyl sites for hydroxylation is 1. The molecule has 2 rings (SSSR count). The van der Waals surface area contributed by atoms with Crippen molar-refractivity contribution in [1.29, 1.82) is 0 Å². The van der Waals surface area contributed by atoms with Crippen molar-refractivity contribution in [2.75, 3.05) is 0 Å². The van der Waals surface area contributed by atoms with Crippen LogP contribution in [0.5, 0.6) is 11.6 Å². The third-order valence-corrected chi connectivity index (χ3v) is 3.15. The Balaban J connectivity index is 2.21. The van der Waals surface area contributed by atoms with Gasteiger partial charge in [-0.2, -0.15) is 0 Å². The highest BCUT2D eigenvalue weighted by atomic mass is 16.5. The number of benzene rings is 1. The number of nitrogens with two attached hydrogens (primary N) is 1. The fraction of sp³-hybridized carbons (Fsp3) is 0.375. The third-order valence-electron chi connectivity index (χ3n) is 3.15. The van der Waals surface area contributed by atoms with Gasteiger partial charge in [-0.25, -0.2) is 4.98 Å². The molecular weight excluding hydrogens is 250 g/mol. The number of rotatable bonds is 3. The maximum absolute atomic E-state index is 5.76. The lowest BCUT2D eigenvalue weighted by Gasteiger charge is -2.20. The van der Waals surface area contributed by atoms with Crippen LogP contribution in [0.4, 0.5) is 0 Å². The fourth-order valence-corrected chi connectivity index (χ4v) is 1.84. The molecule has 0 unspecified atom stereocenters. The van der Waals surface area contributed by atoms with Crippen molar-refractivity contribution in [3.8, 4) is 11.6 Å². The highest BCUT2D eigenvalue weighted by Crippen LogP contribution is 2.29. The van der Waals surface area contributed by atoms with Crippen LogP contribution in [0, 0.1) is 6.92 Å². The molecule has 0 saturated heterocycles. The van der Waals surface area contributed by atoms with Gasteiger partial charge in [0.2, 0.25) is 5.88 Å². The average Bonchev–Trinajstić information content (AvgIpc) is 2.41. The Bertz CT molecular complexity index is 586. The van der Waals surface area contributed by atoms with Crippen LogP contribution >= 0.6 is 0 Å². The molecule has 2 aromatic rings. The lowest BCUT2D eigenvalue weighted by atomic mass is 9.86. The van der Waals surface area contributed by atoms with E-state index in [4.69, 9.17) is 10.5 Å². The average molecular weight is 271 g/mol. The zero-order valence-corrected chi connectivity index (χ0v) is 12.5. The van der Waals surface area contributed by atoms with Crippen LogP contribution < -0.4 is 10.5 Å². The Morgan fingerprint density at radius 3 is 2.40 bits per heavy atom. The molecule has 1 heterocycles. The molecule has 0 spiro atoms. The lowest BCUT2D eigenvalue weighted by molar-refractivity contribution is 0.455. The summed E-state index contributed by atoms with van der Waals surface area (Å²) in [5.41, 5.74) is 8.74. The van der Waals surface area contributed by atoms with Gasteiger partial charge in [0.05, 0.1) is 18.1 Å². The summed E-state index contributed by atoms with van der Waals surface area (Å²) in [5.74, 6) is 1.28. The Morgan fingerprint density at radius 1 is 1.15 bits per heavy atom. The summed E-state index contributed by atoms with van der Waals surface area (Å²) in [6.45, 7) is 9.00. The number of hydrogen-bond donors (Lipinski definition) is 1. The molecule has 0 amide bonds. The van der Waals surface area contributed by atoms with E-state index in [1.165, 1.54) is 5.56 Å². The standard InChI is InChI=1S/C16H21N3O/c1-11-7-12(16(2,3)4)5-6-14(11)20-15-10-18-13(8-17)9-19-15/h5-7,9-10H,8,17H2,1-4H3. The van der Waals surface area contributed by atoms with Crippen molar-refractivity contribution in [3.63, 3.8) is 0 Å². The van der Waals surface area contributed by atoms with Gasteiger partial charge in [0.15, 0.2) is 0 Å². The van der Waals surface area contributed by atoms with E-state index in [9.17, 15) is 0 Å². The van der Waals surface area contributed by atoms with Gasteiger partial charge < -0.3 is 10.5 Å². The molecule has 106 valence electrons. The predicted octanol–water partition coefficient (Wildman–Crippen LogP) is 3.33. The molecule has 0 atom stereocenters. The molecule has 0 aliphatic rings. The first kappa shape index (κ1) is 14.5. The molecule has 0 aliphatic heterocycles. The first-order valence-corrected chi connectivity index (χ1v) is 6.70. The first-order valence-electron chi connectivity index (χ1n) is 6.70. The van der Waals surface area contributed by atoms with Crippen LogP contribution in [0.1, 0.15) is 37.6 Å². The number of aromatic nitrogens is 2. The molecular formula is C16H21N3O. The molecule has 0 fully saturated rings. The minimum atomic E-state index is 0.131. The minimum Gasteiger partial charge on any atom is -0.437 e. The number of nitrogens with zero attached hydrogens (tertiary/aromatic N) is 2. The van der Waals surface area contributed by atoms with Gasteiger partial charge in [0, 0.05) is 6.54 Å². The van der Waals surface area contributed by atoms with Crippen LogP contribution in [0.2, 0.25) is 0 Å². The summed E-state index contributed by atoms with van der Waals surface area (Å²) in [6, 6.07) is 6.22. The first-order chi connectivity index (χ1) is 9.40. The summed E-state index contributed by atoms with van der Waals surface area (Å²) < 4.78 is 5.76. The Morgan fingerprint density at radius 2 is 1.90 bits per heavy atom. The molecule has 1 aromatic heterocycles. The Labute approximate surface area is 120 Å². The Hall–Kier alpha value is -1.94. The van der Waals surface area contributed by atoms with Gasteiger partial charge >= 0.3 is 0 Å². The monoisotopic (exact) mass is 271 g/mol. The molecule has 0 bridgehead atoms. The molecule has 4 nitrogen and oxygen atoms in total. The van der Waals surface area contributed by atoms with Crippen LogP contribution in [0.3, 0.4) is 0 Å². The fourth-order valence-electron chi connectivity index (χ4n) is 1.84. The van der Waals surface area contributed by atoms with Crippen LogP contribution in [0.25, 0.3) is 0 Å². The second-order valence-electron chi connectivity index (χ2n) is 5.88. The number of ether oxygens (including phenoxy) is 1. The SMILES string of the molecule is Cc1cc(C(C)(C)C)ccc1Oc1cnc(CN)cn1. The molecule has 0 radical (unpaired) electrons. The van der Waals surface area contributed by atoms with Gasteiger partial charge in [-0.1, -0.05) is 32.9 Å². The molecule has 0 aliphatic carbocycles. The molecule has 20 heavy (non-hydrogen) atoms. The molecule has 4 heteroatoms. The van der Waals surface area contributed by atoms with E-state index >= 15 is 0 Å². The van der Waals surface area contributed by atoms with Gasteiger partial charge in [-0.15, -0.1) is 0 Å². The highest BCUT2D eigenvalue weighted by Gasteiger charge is 2.15. The van der Waals surface area contributed by atoms with E-state index in [1.807, 2.05) is 13.0 Å². The van der Waals surface area contributed by atoms with E-state index in [0.717, 1.165) is 17.0 Å². The van der Waals surface area contributed by atoms with Gasteiger partial charge in [0.1, 0.15) is 5.75 Å². The quantitative estimate of drug-likeness (QED) is 0.930. The second kappa shape index (κ2) is 5.59. The zero-order chi connectivity index (χ0) is 14.8. The topological polar surface area (TPSA) is 61.0 Å². The maximum Gasteiger partial charge on any atom is 0.237 e. The number of hydrogen-bond acceptors (Lipinski definition) is 4. The predicted molar refractivity (Wildman–Crippen MR) is 79.9 cm³/mol. The molecule has 0 saturated carbocycles. The van der Waals surface area contributed by atoms with Crippen molar-refractivity contribution >= 4 is 0 Å². The minimum absolute atomic E-state index is 0.131. The van der Waals surface area contributed by atoms with Crippen LogP contribution in [0.15, 0.2) is 30.6 Å². The van der Waals surface area contributed by atoms with Crippen LogP contribution in [-0.4, -0.2) is 9.97 Å². The van der Waals surface area contributed by atoms with Crippen molar-refractivity contribution in [2.45, 2.75) is 39.7 Å². The lowest BCUT2D eigenvalue weighted by Crippen LogP contribution is -2.11. The third kappa shape index (κ3) is 3.33. The van der Waals surface area contributed by atoms with Crippen molar-refractivity contribution in [1.82, 2.24) is 9.97 Å². The van der Waals surface area contributed by atoms with Crippen LogP contribution in [-0.2, 0) is 12.0 Å². The van der Waals surface area contributed by atoms with Gasteiger partial charge in [-0.3, -0.25) is 4.98 Å². The largest absolute Gasteiger partial charge is 0.437 e.